The zero-order chi connectivity index (χ0) is 13.1. The molecule has 18 heavy (non-hydrogen) atoms. The molecular formula is C10H9BrN4O2S. The van der Waals surface area contributed by atoms with Crippen molar-refractivity contribution in [3.63, 3.8) is 0 Å². The Balaban J connectivity index is 2.24. The zero-order valence-electron chi connectivity index (χ0n) is 9.09. The molecular weight excluding hydrogens is 320 g/mol. The standard InChI is InChI=1S/C10H9BrN4O2S/c11-7-3-13-5-15(10(7)17)4-6-1-2-8(18-6)9(16)14-12/h1-3,5H,4,12H2,(H,14,16). The molecule has 0 radical (unpaired) electrons. The molecule has 0 unspecified atom stereocenters. The first-order chi connectivity index (χ1) is 8.61. The summed E-state index contributed by atoms with van der Waals surface area (Å²) in [6.07, 6.45) is 2.90. The molecule has 2 rings (SSSR count). The fraction of sp³-hybridized carbons (Fsp3) is 0.100. The Kier molecular flexibility index (Phi) is 3.90. The molecule has 8 heteroatoms. The van der Waals surface area contributed by atoms with Crippen LogP contribution in [-0.2, 0) is 6.54 Å². The van der Waals surface area contributed by atoms with Gasteiger partial charge in [-0.1, -0.05) is 0 Å². The van der Waals surface area contributed by atoms with Crippen LogP contribution in [0.3, 0.4) is 0 Å². The zero-order valence-corrected chi connectivity index (χ0v) is 11.5. The number of thiophene rings is 1. The van der Waals surface area contributed by atoms with Crippen molar-refractivity contribution in [2.75, 3.05) is 0 Å². The lowest BCUT2D eigenvalue weighted by Crippen LogP contribution is -2.29. The van der Waals surface area contributed by atoms with Crippen LogP contribution in [0.25, 0.3) is 0 Å². The van der Waals surface area contributed by atoms with Gasteiger partial charge in [-0.05, 0) is 28.1 Å². The first-order valence-electron chi connectivity index (χ1n) is 4.91. The van der Waals surface area contributed by atoms with Crippen molar-refractivity contribution in [2.24, 2.45) is 5.84 Å². The second-order valence-electron chi connectivity index (χ2n) is 3.41. The highest BCUT2D eigenvalue weighted by Crippen LogP contribution is 2.17. The molecule has 0 saturated carbocycles. The molecule has 0 aromatic carbocycles. The third-order valence-electron chi connectivity index (χ3n) is 2.20. The Hall–Kier alpha value is -1.51. The molecule has 0 saturated heterocycles. The number of carbonyl (C=O) groups is 1. The van der Waals surface area contributed by atoms with Gasteiger partial charge in [-0.2, -0.15) is 0 Å². The Morgan fingerprint density at radius 1 is 1.56 bits per heavy atom. The van der Waals surface area contributed by atoms with Crippen LogP contribution in [-0.4, -0.2) is 15.5 Å². The average Bonchev–Trinajstić information content (AvgIpc) is 2.82. The van der Waals surface area contributed by atoms with E-state index in [0.29, 0.717) is 15.9 Å². The summed E-state index contributed by atoms with van der Waals surface area (Å²) >= 11 is 4.41. The van der Waals surface area contributed by atoms with E-state index in [1.165, 1.54) is 28.4 Å². The Bertz CT molecular complexity index is 637. The Morgan fingerprint density at radius 2 is 2.33 bits per heavy atom. The van der Waals surface area contributed by atoms with Gasteiger partial charge in [0, 0.05) is 11.1 Å². The second-order valence-corrected chi connectivity index (χ2v) is 5.44. The molecule has 0 aliphatic heterocycles. The van der Waals surface area contributed by atoms with Crippen LogP contribution in [0, 0.1) is 0 Å². The van der Waals surface area contributed by atoms with Crippen molar-refractivity contribution >= 4 is 33.2 Å². The molecule has 2 aromatic heterocycles. The van der Waals surface area contributed by atoms with E-state index in [0.717, 1.165) is 4.88 Å². The molecule has 1 amide bonds. The van der Waals surface area contributed by atoms with Crippen molar-refractivity contribution in [1.29, 1.82) is 0 Å². The number of nitrogens with two attached hydrogens (primary N) is 1. The van der Waals surface area contributed by atoms with Gasteiger partial charge in [0.15, 0.2) is 0 Å². The van der Waals surface area contributed by atoms with Crippen LogP contribution >= 0.6 is 27.3 Å². The van der Waals surface area contributed by atoms with Gasteiger partial charge in [-0.3, -0.25) is 19.6 Å². The molecule has 0 aliphatic rings. The maximum absolute atomic E-state index is 11.8. The van der Waals surface area contributed by atoms with Crippen molar-refractivity contribution in [2.45, 2.75) is 6.54 Å². The van der Waals surface area contributed by atoms with E-state index in [2.05, 4.69) is 26.3 Å². The Morgan fingerprint density at radius 3 is 3.06 bits per heavy atom. The molecule has 0 atom stereocenters. The molecule has 94 valence electrons. The highest BCUT2D eigenvalue weighted by molar-refractivity contribution is 9.10. The highest BCUT2D eigenvalue weighted by Gasteiger charge is 2.09. The summed E-state index contributed by atoms with van der Waals surface area (Å²) in [7, 11) is 0. The lowest BCUT2D eigenvalue weighted by atomic mass is 10.4. The average molecular weight is 329 g/mol. The predicted octanol–water partition coefficient (Wildman–Crippen LogP) is 0.719. The van der Waals surface area contributed by atoms with Gasteiger partial charge < -0.3 is 0 Å². The number of amides is 1. The van der Waals surface area contributed by atoms with E-state index in [-0.39, 0.29) is 11.5 Å². The summed E-state index contributed by atoms with van der Waals surface area (Å²) in [6, 6.07) is 3.45. The normalized spacial score (nSPS) is 10.3. The number of nitrogen functional groups attached to an aromatic ring is 1. The number of nitrogens with one attached hydrogen (secondary N) is 1. The van der Waals surface area contributed by atoms with Crippen LogP contribution in [0.1, 0.15) is 14.5 Å². The predicted molar refractivity (Wildman–Crippen MR) is 71.3 cm³/mol. The molecule has 2 aromatic rings. The third-order valence-corrected chi connectivity index (χ3v) is 3.81. The monoisotopic (exact) mass is 328 g/mol. The minimum absolute atomic E-state index is 0.164. The molecule has 0 fully saturated rings. The van der Waals surface area contributed by atoms with Gasteiger partial charge in [0.2, 0.25) is 0 Å². The number of carbonyl (C=O) groups excluding carboxylic acids is 1. The minimum atomic E-state index is -0.342. The number of aromatic nitrogens is 2. The van der Waals surface area contributed by atoms with E-state index < -0.39 is 0 Å². The van der Waals surface area contributed by atoms with E-state index in [1.54, 1.807) is 12.1 Å². The number of hydrazine groups is 1. The lowest BCUT2D eigenvalue weighted by Gasteiger charge is -2.02. The largest absolute Gasteiger partial charge is 0.293 e. The highest BCUT2D eigenvalue weighted by atomic mass is 79.9. The first-order valence-corrected chi connectivity index (χ1v) is 6.52. The van der Waals surface area contributed by atoms with E-state index in [9.17, 15) is 9.59 Å². The molecule has 0 aliphatic carbocycles. The van der Waals surface area contributed by atoms with E-state index in [1.807, 2.05) is 0 Å². The van der Waals surface area contributed by atoms with Crippen LogP contribution in [0.2, 0.25) is 0 Å². The van der Waals surface area contributed by atoms with Crippen molar-refractivity contribution < 1.29 is 4.79 Å². The molecule has 0 spiro atoms. The quantitative estimate of drug-likeness (QED) is 0.493. The van der Waals surface area contributed by atoms with Gasteiger partial charge >= 0.3 is 0 Å². The first kappa shape index (κ1) is 12.9. The summed E-state index contributed by atoms with van der Waals surface area (Å²) < 4.78 is 1.86. The number of hydrogen-bond donors (Lipinski definition) is 2. The topological polar surface area (TPSA) is 90.0 Å². The fourth-order valence-corrected chi connectivity index (χ4v) is 2.62. The number of nitrogens with zero attached hydrogens (tertiary/aromatic N) is 2. The number of halogens is 1. The fourth-order valence-electron chi connectivity index (χ4n) is 1.36. The summed E-state index contributed by atoms with van der Waals surface area (Å²) in [4.78, 5) is 28.3. The summed E-state index contributed by atoms with van der Waals surface area (Å²) in [5.74, 6) is 4.70. The van der Waals surface area contributed by atoms with E-state index in [4.69, 9.17) is 5.84 Å². The number of hydrogen-bond acceptors (Lipinski definition) is 5. The summed E-state index contributed by atoms with van der Waals surface area (Å²) in [5.41, 5.74) is 1.90. The maximum atomic E-state index is 11.8. The van der Waals surface area contributed by atoms with Crippen molar-refractivity contribution in [3.05, 3.63) is 49.2 Å². The van der Waals surface area contributed by atoms with Crippen LogP contribution < -0.4 is 16.8 Å². The summed E-state index contributed by atoms with van der Waals surface area (Å²) in [6.45, 7) is 0.369. The molecule has 3 N–H and O–H groups in total. The van der Waals surface area contributed by atoms with E-state index >= 15 is 0 Å². The van der Waals surface area contributed by atoms with Crippen LogP contribution in [0.15, 0.2) is 33.9 Å². The van der Waals surface area contributed by atoms with Gasteiger partial charge in [0.05, 0.1) is 17.7 Å². The van der Waals surface area contributed by atoms with Crippen molar-refractivity contribution in [3.8, 4) is 0 Å². The smallest absolute Gasteiger partial charge is 0.275 e. The maximum Gasteiger partial charge on any atom is 0.275 e. The van der Waals surface area contributed by atoms with Crippen LogP contribution in [0.5, 0.6) is 0 Å². The lowest BCUT2D eigenvalue weighted by molar-refractivity contribution is 0.0957. The van der Waals surface area contributed by atoms with Crippen LogP contribution in [0.4, 0.5) is 0 Å². The molecule has 0 bridgehead atoms. The van der Waals surface area contributed by atoms with Gasteiger partial charge in [-0.15, -0.1) is 11.3 Å². The minimum Gasteiger partial charge on any atom is -0.293 e. The molecule has 2 heterocycles. The number of rotatable bonds is 3. The summed E-state index contributed by atoms with van der Waals surface area (Å²) in [5, 5.41) is 0. The molecule has 6 nitrogen and oxygen atoms in total. The third kappa shape index (κ3) is 2.66. The second kappa shape index (κ2) is 5.42. The van der Waals surface area contributed by atoms with Gasteiger partial charge in [0.1, 0.15) is 4.47 Å². The SMILES string of the molecule is NNC(=O)c1ccc(Cn2cncc(Br)c2=O)s1. The van der Waals surface area contributed by atoms with Gasteiger partial charge in [0.25, 0.3) is 11.5 Å². The Labute approximate surface area is 115 Å². The van der Waals surface area contributed by atoms with Crippen molar-refractivity contribution in [1.82, 2.24) is 15.0 Å². The van der Waals surface area contributed by atoms with Gasteiger partial charge in [-0.25, -0.2) is 10.8 Å².